The molecule has 0 aromatic heterocycles. The Balaban J connectivity index is 2.16. The van der Waals surface area contributed by atoms with Crippen LogP contribution in [-0.2, 0) is 4.43 Å². The number of halogens is 3. The Hall–Kier alpha value is -0.0931. The molecular weight excluding hydrogens is 398 g/mol. The maximum Gasteiger partial charge on any atom is 0.192 e. The van der Waals surface area contributed by atoms with Crippen LogP contribution >= 0.6 is 23.2 Å². The van der Waals surface area contributed by atoms with E-state index in [9.17, 15) is 4.39 Å². The van der Waals surface area contributed by atoms with Crippen molar-refractivity contribution in [3.05, 3.63) is 33.6 Å². The van der Waals surface area contributed by atoms with E-state index in [1.807, 2.05) is 0 Å². The predicted molar refractivity (Wildman–Crippen MR) is 118 cm³/mol. The fourth-order valence-corrected chi connectivity index (χ4v) is 8.27. The van der Waals surface area contributed by atoms with Gasteiger partial charge in [-0.1, -0.05) is 70.7 Å². The molecule has 1 aromatic carbocycles. The molecule has 0 amide bonds. The van der Waals surface area contributed by atoms with E-state index in [0.717, 1.165) is 42.5 Å². The van der Waals surface area contributed by atoms with E-state index in [-0.39, 0.29) is 6.10 Å². The Morgan fingerprint density at radius 3 is 2.07 bits per heavy atom. The Morgan fingerprint density at radius 2 is 1.63 bits per heavy atom. The first kappa shape index (κ1) is 23.2. The van der Waals surface area contributed by atoms with Gasteiger partial charge in [0.15, 0.2) is 8.32 Å². The summed E-state index contributed by atoms with van der Waals surface area (Å²) in [4.78, 5) is 0. The van der Waals surface area contributed by atoms with Crippen molar-refractivity contribution >= 4 is 31.5 Å². The van der Waals surface area contributed by atoms with Gasteiger partial charge in [-0.2, -0.15) is 0 Å². The van der Waals surface area contributed by atoms with Crippen molar-refractivity contribution in [1.29, 1.82) is 0 Å². The van der Waals surface area contributed by atoms with Gasteiger partial charge in [-0.3, -0.25) is 0 Å². The lowest BCUT2D eigenvalue weighted by molar-refractivity contribution is 0.0828. The first-order valence-corrected chi connectivity index (χ1v) is 13.8. The zero-order chi connectivity index (χ0) is 20.2. The zero-order valence-corrected chi connectivity index (χ0v) is 20.0. The van der Waals surface area contributed by atoms with Gasteiger partial charge < -0.3 is 4.43 Å². The highest BCUT2D eigenvalue weighted by Gasteiger charge is 2.37. The molecule has 1 atom stereocenters. The summed E-state index contributed by atoms with van der Waals surface area (Å²) in [5.41, 5.74) is 1.29. The van der Waals surface area contributed by atoms with E-state index in [2.05, 4.69) is 34.6 Å². The lowest BCUT2D eigenvalue weighted by atomic mass is 9.63. The van der Waals surface area contributed by atoms with Crippen LogP contribution in [0.3, 0.4) is 0 Å². The molecule has 2 rings (SSSR count). The van der Waals surface area contributed by atoms with Crippen LogP contribution in [0, 0.1) is 17.2 Å². The van der Waals surface area contributed by atoms with Gasteiger partial charge >= 0.3 is 0 Å². The third kappa shape index (κ3) is 5.94. The summed E-state index contributed by atoms with van der Waals surface area (Å²) in [5, 5.41) is 0.780. The maximum atomic E-state index is 13.7. The van der Waals surface area contributed by atoms with E-state index >= 15 is 0 Å². The monoisotopic (exact) mass is 432 g/mol. The minimum Gasteiger partial charge on any atom is -0.410 e. The van der Waals surface area contributed by atoms with Crippen molar-refractivity contribution < 1.29 is 8.82 Å². The molecule has 1 aliphatic rings. The van der Waals surface area contributed by atoms with Crippen molar-refractivity contribution in [3.8, 4) is 0 Å². The molecule has 0 bridgehead atoms. The summed E-state index contributed by atoms with van der Waals surface area (Å²) < 4.78 is 20.5. The summed E-state index contributed by atoms with van der Waals surface area (Å²) >= 11 is 12.8. The normalized spacial score (nSPS) is 18.4. The van der Waals surface area contributed by atoms with Crippen LogP contribution in [0.2, 0.25) is 28.2 Å². The molecular formula is C22H35Cl2FOSi. The Bertz CT molecular complexity index is 591. The minimum absolute atomic E-state index is 0.134. The van der Waals surface area contributed by atoms with Gasteiger partial charge in [0.1, 0.15) is 5.82 Å². The van der Waals surface area contributed by atoms with Crippen molar-refractivity contribution in [2.45, 2.75) is 91.0 Å². The van der Waals surface area contributed by atoms with Crippen LogP contribution < -0.4 is 0 Å². The SMILES string of the molecule is CC[Si](CC)(CC)OC(CCCC1CC(C)(C)C1)c1c(Cl)cc(F)cc1Cl. The molecule has 1 unspecified atom stereocenters. The summed E-state index contributed by atoms with van der Waals surface area (Å²) in [6.45, 7) is 11.4. The smallest absolute Gasteiger partial charge is 0.192 e. The molecule has 0 spiro atoms. The third-order valence-corrected chi connectivity index (χ3v) is 11.7. The lowest BCUT2D eigenvalue weighted by Crippen LogP contribution is -2.37. The molecule has 1 fully saturated rings. The number of hydrogen-bond acceptors (Lipinski definition) is 1. The van der Waals surface area contributed by atoms with E-state index in [0.29, 0.717) is 15.5 Å². The Morgan fingerprint density at radius 1 is 1.11 bits per heavy atom. The van der Waals surface area contributed by atoms with Crippen LogP contribution in [0.1, 0.15) is 78.4 Å². The number of hydrogen-bond donors (Lipinski definition) is 0. The van der Waals surface area contributed by atoms with Crippen LogP contribution in [0.25, 0.3) is 0 Å². The molecule has 154 valence electrons. The first-order chi connectivity index (χ1) is 12.6. The second kappa shape index (κ2) is 9.60. The van der Waals surface area contributed by atoms with Gasteiger partial charge in [0.2, 0.25) is 0 Å². The van der Waals surface area contributed by atoms with Crippen LogP contribution in [-0.4, -0.2) is 8.32 Å². The molecule has 0 heterocycles. The third-order valence-electron chi connectivity index (χ3n) is 6.45. The molecule has 0 radical (unpaired) electrons. The highest BCUT2D eigenvalue weighted by molar-refractivity contribution is 6.73. The highest BCUT2D eigenvalue weighted by atomic mass is 35.5. The molecule has 1 aliphatic carbocycles. The maximum absolute atomic E-state index is 13.7. The summed E-state index contributed by atoms with van der Waals surface area (Å²) in [6, 6.07) is 5.94. The Labute approximate surface area is 176 Å². The van der Waals surface area contributed by atoms with E-state index in [1.54, 1.807) is 0 Å². The molecule has 0 aliphatic heterocycles. The lowest BCUT2D eigenvalue weighted by Gasteiger charge is -2.43. The fourth-order valence-electron chi connectivity index (χ4n) is 4.72. The quantitative estimate of drug-likeness (QED) is 0.335. The van der Waals surface area contributed by atoms with Gasteiger partial charge in [-0.25, -0.2) is 4.39 Å². The van der Waals surface area contributed by atoms with Crippen LogP contribution in [0.4, 0.5) is 4.39 Å². The summed E-state index contributed by atoms with van der Waals surface area (Å²) in [7, 11) is -1.83. The highest BCUT2D eigenvalue weighted by Crippen LogP contribution is 2.47. The average molecular weight is 434 g/mol. The van der Waals surface area contributed by atoms with Crippen molar-refractivity contribution in [2.24, 2.45) is 11.3 Å². The minimum atomic E-state index is -1.83. The number of benzene rings is 1. The second-order valence-electron chi connectivity index (χ2n) is 9.00. The molecule has 0 saturated heterocycles. The van der Waals surface area contributed by atoms with Crippen LogP contribution in [0.15, 0.2) is 12.1 Å². The molecule has 1 nitrogen and oxygen atoms in total. The molecule has 0 N–H and O–H groups in total. The molecule has 1 saturated carbocycles. The van der Waals surface area contributed by atoms with Crippen molar-refractivity contribution in [3.63, 3.8) is 0 Å². The topological polar surface area (TPSA) is 9.23 Å². The zero-order valence-electron chi connectivity index (χ0n) is 17.5. The van der Waals surface area contributed by atoms with Crippen LogP contribution in [0.5, 0.6) is 0 Å². The Kier molecular flexibility index (Phi) is 8.25. The number of rotatable bonds is 10. The van der Waals surface area contributed by atoms with Gasteiger partial charge in [0.05, 0.1) is 16.1 Å². The molecule has 27 heavy (non-hydrogen) atoms. The fraction of sp³-hybridized carbons (Fsp3) is 0.727. The van der Waals surface area contributed by atoms with Gasteiger partial charge in [0, 0.05) is 5.56 Å². The molecule has 1 aromatic rings. The van der Waals surface area contributed by atoms with Gasteiger partial charge in [-0.05, 0) is 60.9 Å². The standard InChI is InChI=1S/C22H35Cl2FOSi/c1-6-27(7-2,8-3)26-20(11-9-10-16-14-22(4,5)15-16)21-18(23)12-17(25)13-19(21)24/h12-13,16,20H,6-11,14-15H2,1-5H3. The van der Waals surface area contributed by atoms with Crippen molar-refractivity contribution in [1.82, 2.24) is 0 Å². The largest absolute Gasteiger partial charge is 0.410 e. The average Bonchev–Trinajstić information content (AvgIpc) is 2.56. The van der Waals surface area contributed by atoms with Crippen molar-refractivity contribution in [2.75, 3.05) is 0 Å². The summed E-state index contributed by atoms with van der Waals surface area (Å²) in [5.74, 6) is 0.430. The van der Waals surface area contributed by atoms with E-state index < -0.39 is 14.1 Å². The molecule has 5 heteroatoms. The van der Waals surface area contributed by atoms with E-state index in [1.165, 1.54) is 31.4 Å². The van der Waals surface area contributed by atoms with E-state index in [4.69, 9.17) is 27.6 Å². The van der Waals surface area contributed by atoms with Gasteiger partial charge in [-0.15, -0.1) is 0 Å². The predicted octanol–water partition coefficient (Wildman–Crippen LogP) is 8.80. The summed E-state index contributed by atoms with van der Waals surface area (Å²) in [6.07, 6.45) is 5.71. The van der Waals surface area contributed by atoms with Gasteiger partial charge in [0.25, 0.3) is 0 Å². The first-order valence-electron chi connectivity index (χ1n) is 10.5. The second-order valence-corrected chi connectivity index (χ2v) is 14.5.